The van der Waals surface area contributed by atoms with Gasteiger partial charge in [0.1, 0.15) is 140 Å². The highest BCUT2D eigenvalue weighted by molar-refractivity contribution is 8.46. The van der Waals surface area contributed by atoms with Crippen LogP contribution >= 0.6 is 133 Å². The highest BCUT2D eigenvalue weighted by Crippen LogP contribution is 2.64. The van der Waals surface area contributed by atoms with Crippen LogP contribution in [0.2, 0.25) is 0 Å². The van der Waals surface area contributed by atoms with Crippen molar-refractivity contribution in [1.82, 2.24) is 76.8 Å². The van der Waals surface area contributed by atoms with Gasteiger partial charge in [-0.2, -0.15) is 9.97 Å². The molecule has 15 heterocycles. The summed E-state index contributed by atoms with van der Waals surface area (Å²) >= 11 is 29.3. The Morgan fingerprint density at radius 1 is 0.340 bits per heavy atom. The molecular weight excluding hydrogens is 2160 g/mol. The molecule has 0 spiro atoms. The number of nitrogens with one attached hydrogen (secondary N) is 4. The van der Waals surface area contributed by atoms with Gasteiger partial charge in [-0.1, -0.05) is 85.7 Å². The Bertz CT molecular complexity index is 7130. The number of fused-ring (bicyclic) bond motifs is 1. The molecule has 774 valence electrons. The monoisotopic (exact) mass is 2250 g/mol. The molecule has 0 aliphatic carbocycles. The summed E-state index contributed by atoms with van der Waals surface area (Å²) in [7, 11) is 0. The van der Waals surface area contributed by atoms with Crippen LogP contribution < -0.4 is 73.6 Å². The molecule has 141 heavy (non-hydrogen) atoms. The van der Waals surface area contributed by atoms with Crippen molar-refractivity contribution >= 4 is 162 Å². The lowest BCUT2D eigenvalue weighted by Crippen LogP contribution is -2.33. The maximum Gasteiger partial charge on any atom is 0.386 e. The van der Waals surface area contributed by atoms with E-state index >= 15 is 0 Å². The van der Waals surface area contributed by atoms with E-state index < -0.39 is 298 Å². The Balaban J connectivity index is 0.632. The van der Waals surface area contributed by atoms with Gasteiger partial charge < -0.3 is 55.3 Å². The van der Waals surface area contributed by atoms with Gasteiger partial charge in [-0.15, -0.1) is 0 Å². The number of rotatable bonds is 39. The van der Waals surface area contributed by atoms with Gasteiger partial charge in [0.25, 0.3) is 22.2 Å². The minimum Gasteiger partial charge on any atom is -0.383 e. The molecule has 0 radical (unpaired) electrons. The predicted octanol–water partition coefficient (Wildman–Crippen LogP) is 5.22. The summed E-state index contributed by atoms with van der Waals surface area (Å²) in [6.45, 7) is -28.2. The lowest BCUT2D eigenvalue weighted by Gasteiger charge is -2.27. The van der Waals surface area contributed by atoms with Crippen molar-refractivity contribution in [2.45, 2.75) is 222 Å². The highest BCUT2D eigenvalue weighted by Gasteiger charge is 2.53. The number of nitrogens with two attached hydrogens (primary N) is 3. The van der Waals surface area contributed by atoms with E-state index in [1.807, 2.05) is 0 Å². The summed E-state index contributed by atoms with van der Waals surface area (Å²) in [5, 5.41) is 0. The Morgan fingerprint density at radius 2 is 0.582 bits per heavy atom. The van der Waals surface area contributed by atoms with Crippen LogP contribution in [-0.4, -0.2) is 207 Å². The van der Waals surface area contributed by atoms with Gasteiger partial charge in [0.05, 0.1) is 58.2 Å². The third-order valence-electron chi connectivity index (χ3n) is 23.2. The van der Waals surface area contributed by atoms with E-state index in [-0.39, 0.29) is 70.1 Å². The normalized spacial score (nSPS) is 30.0. The standard InChI is InChI=1S/C70H94N19O38P7S7/c1-29-15-83(65(94)77-57(29)71)49-8-36(35(7)114-49)122-129(102,136)108-26-48-42(14-55(120-48)89-28-76-56-59(73)74-27-75-60(56)89)127-134(107,141)113-25-47-41(13-54(119-47)88-20-34(6)64(93)82-70(88)99)126-133(106,140)112-24-46-40(12-53(118-46)87-19-33(5)63(92)81-69(87)98)125-132(105,139)111-23-45-39(11-52(117-45)86-18-32(4)62(91)80-68(86)97)124-131(104,138)110-22-44-38(10-51(116-44)84-16-30(2)58(72)78-66(84)95)123-130(103,137)109-21-43-37(121-128(100,101)135)9-50(115-43)85-17-31(3)61(90)79-67(85)96/h15-20,27-28,35-55H,8-14,21-26H2,1-7H3,(H,102,136)(H,103,137)(H,104,138)(H,105,139)(H,106,140)(H,107,141)(H2,71,77,94)(H2,72,78,95)(H2,73,74,75)(H,79,90,96)(H,80,91,97)(H,81,92,98)(H,82,93,99)(H2,100,101,135)/t35-,36?,37?,38?,39?,40?,41?,42?,43-,44-,45-,46-,47-,48-,49-,50-,51-,52-,53-,54-,55-,129?,130?,131?,132?,133?,134?/m1/s1. The number of nitrogen functional groups attached to an aromatic ring is 3. The molecule has 7 fully saturated rings. The summed E-state index contributed by atoms with van der Waals surface area (Å²) < 4.78 is 228. The molecule has 28 atom stereocenters. The number of nitrogens with zero attached hydrogens (tertiary/aromatic N) is 12. The van der Waals surface area contributed by atoms with Crippen LogP contribution in [0.1, 0.15) is 129 Å². The van der Waals surface area contributed by atoms with E-state index in [4.69, 9.17) is 109 Å². The second-order valence-corrected chi connectivity index (χ2v) is 53.3. The van der Waals surface area contributed by atoms with Crippen LogP contribution in [-0.2, 0) is 124 Å². The minimum absolute atomic E-state index is 0.000230. The maximum atomic E-state index is 14.9. The number of aromatic nitrogens is 16. The first kappa shape index (κ1) is 109. The topological polar surface area (TPSA) is 735 Å². The third-order valence-corrected chi connectivity index (χ3v) is 33.9. The SMILES string of the molecule is Cc1cn([C@H]2CC(OP(=O)(S)OC[C@H]3O[C@@H](n4cnc5c(N)ncnc54)CC3OP(=O)(S)OC[C@H]3O[C@@H](n4cc(C)c(=O)[nH]c4=O)CC3OP(=O)(S)OC[C@H]3O[C@@H](n4cc(C)c(=O)[nH]c4=O)CC3OP(=O)(S)OC[C@H]3O[C@@H](n4cc(C)c(=O)[nH]c4=O)CC3OP(=O)(S)OC[C@H]3O[C@@H](n4cc(C)c(N)nc4=O)CC3OP(=O)(S)OC[C@H]3O[C@@H](n4cc(C)c(=O)[nH]c4=O)CC3OP(=O)(O)S)[C@@H](C)O2)c(=O)nc1N. The zero-order chi connectivity index (χ0) is 102. The van der Waals surface area contributed by atoms with Crippen molar-refractivity contribution in [2.75, 3.05) is 56.8 Å². The molecule has 11 N–H and O–H groups in total. The molecule has 8 aromatic rings. The summed E-state index contributed by atoms with van der Waals surface area (Å²) in [6.07, 6.45) is -21.5. The quantitative estimate of drug-likeness (QED) is 0.0173. The number of anilines is 3. The van der Waals surface area contributed by atoms with Crippen LogP contribution in [0.4, 0.5) is 17.5 Å². The zero-order valence-corrected chi connectivity index (χ0v) is 86.9. The molecule has 7 saturated heterocycles. The van der Waals surface area contributed by atoms with E-state index in [0.717, 1.165) is 41.4 Å². The molecule has 15 rings (SSSR count). The molecule has 7 aliphatic rings. The van der Waals surface area contributed by atoms with E-state index in [0.29, 0.717) is 11.1 Å². The van der Waals surface area contributed by atoms with E-state index in [9.17, 15) is 84.8 Å². The fourth-order valence-electron chi connectivity index (χ4n) is 16.1. The summed E-state index contributed by atoms with van der Waals surface area (Å²) in [5.41, 5.74) is 10.5. The second-order valence-electron chi connectivity index (χ2n) is 33.3. The predicted molar refractivity (Wildman–Crippen MR) is 513 cm³/mol. The lowest BCUT2D eigenvalue weighted by atomic mass is 10.2. The molecule has 14 unspecified atom stereocenters. The van der Waals surface area contributed by atoms with Gasteiger partial charge in [0, 0.05) is 116 Å². The van der Waals surface area contributed by atoms with E-state index in [2.05, 4.69) is 131 Å². The van der Waals surface area contributed by atoms with Crippen molar-refractivity contribution in [1.29, 1.82) is 0 Å². The summed E-state index contributed by atoms with van der Waals surface area (Å²) in [4.78, 5) is 169. The van der Waals surface area contributed by atoms with Crippen LogP contribution in [0.5, 0.6) is 0 Å². The molecule has 7 aliphatic heterocycles. The Labute approximate surface area is 829 Å². The van der Waals surface area contributed by atoms with Gasteiger partial charge in [-0.25, -0.2) is 75.7 Å². The fourth-order valence-corrected chi connectivity index (χ4v) is 26.2. The third kappa shape index (κ3) is 26.5. The fraction of sp³-hybridized carbons (Fsp3) is 0.586. The Kier molecular flexibility index (Phi) is 33.5. The van der Waals surface area contributed by atoms with Crippen molar-refractivity contribution in [3.05, 3.63) is 188 Å². The molecule has 0 saturated carbocycles. The number of hydrogen-bond donors (Lipinski definition) is 15. The highest BCUT2D eigenvalue weighted by atomic mass is 32.7. The largest absolute Gasteiger partial charge is 0.386 e. The smallest absolute Gasteiger partial charge is 0.383 e. The Hall–Kier alpha value is -6.35. The average Bonchev–Trinajstić information content (AvgIpc) is 1.62. The number of aromatic amines is 4. The number of aryl methyl sites for hydroxylation is 6. The van der Waals surface area contributed by atoms with Crippen LogP contribution in [0.3, 0.4) is 0 Å². The van der Waals surface area contributed by atoms with Gasteiger partial charge in [-0.3, -0.25) is 130 Å². The molecule has 71 heteroatoms. The first-order valence-corrected chi connectivity index (χ1v) is 61.1. The summed E-state index contributed by atoms with van der Waals surface area (Å²) in [6, 6.07) is 0. The first-order chi connectivity index (χ1) is 66.0. The number of thiol groups is 7. The molecule has 0 bridgehead atoms. The van der Waals surface area contributed by atoms with Crippen LogP contribution in [0.25, 0.3) is 11.2 Å². The zero-order valence-electron chi connectivity index (χ0n) is 74.3. The lowest BCUT2D eigenvalue weighted by molar-refractivity contribution is -0.0542. The molecule has 0 aromatic carbocycles. The van der Waals surface area contributed by atoms with Gasteiger partial charge in [0.2, 0.25) is 0 Å². The first-order valence-electron chi connectivity index (χ1n) is 42.2. The van der Waals surface area contributed by atoms with Crippen molar-refractivity contribution < 1.29 is 129 Å². The second kappa shape index (κ2) is 43.4. The van der Waals surface area contributed by atoms with Gasteiger partial charge in [0.15, 0.2) is 11.5 Å². The molecule has 0 amide bonds. The maximum absolute atomic E-state index is 14.9. The van der Waals surface area contributed by atoms with E-state index in [1.165, 1.54) is 75.0 Å². The summed E-state index contributed by atoms with van der Waals surface area (Å²) in [5.74, 6) is -0.124. The van der Waals surface area contributed by atoms with E-state index in [1.54, 1.807) is 13.8 Å². The molecule has 57 nitrogen and oxygen atoms in total. The van der Waals surface area contributed by atoms with Crippen LogP contribution in [0, 0.1) is 41.5 Å². The number of hydrogen-bond acceptors (Lipinski definition) is 45. The minimum atomic E-state index is -4.97. The van der Waals surface area contributed by atoms with Crippen molar-refractivity contribution in [3.63, 3.8) is 0 Å². The molecule has 8 aromatic heterocycles. The number of ether oxygens (including phenoxy) is 7. The number of H-pyrrole nitrogens is 4. The van der Waals surface area contributed by atoms with Gasteiger partial charge >= 0.3 is 81.7 Å². The number of imidazole rings is 1. The van der Waals surface area contributed by atoms with Gasteiger partial charge in [-0.05, 0) is 48.5 Å². The van der Waals surface area contributed by atoms with Crippen molar-refractivity contribution in [2.24, 2.45) is 0 Å². The van der Waals surface area contributed by atoms with Crippen molar-refractivity contribution in [3.8, 4) is 0 Å². The average molecular weight is 2250 g/mol. The van der Waals surface area contributed by atoms with Crippen LogP contribution in [0.15, 0.2) is 97.8 Å². The molecular formula is C70H94N19O38P7S7. The Morgan fingerprint density at radius 3 is 0.865 bits per heavy atom.